The molecule has 5 heteroatoms. The first-order chi connectivity index (χ1) is 11.6. The monoisotopic (exact) mass is 343 g/mol. The highest BCUT2D eigenvalue weighted by Crippen LogP contribution is 2.22. The van der Waals surface area contributed by atoms with Crippen molar-refractivity contribution in [3.8, 4) is 0 Å². The second-order valence-corrected chi connectivity index (χ2v) is 6.52. The van der Waals surface area contributed by atoms with E-state index in [1.54, 1.807) is 7.11 Å². The standard InChI is InChI=1S/C19H22ClN3O/c1-13-4-9-18-22-17(12-23(18)11-13)10-21-14(2)19(24-3)15-5-7-16(20)8-6-15/h4-9,11-12,14,19,21H,10H2,1-3H3. The zero-order valence-corrected chi connectivity index (χ0v) is 14.9. The van der Waals surface area contributed by atoms with Gasteiger partial charge in [-0.25, -0.2) is 4.98 Å². The summed E-state index contributed by atoms with van der Waals surface area (Å²) in [6.07, 6.45) is 4.11. The van der Waals surface area contributed by atoms with E-state index in [0.29, 0.717) is 6.54 Å². The van der Waals surface area contributed by atoms with Gasteiger partial charge in [0.25, 0.3) is 0 Å². The van der Waals surface area contributed by atoms with Crippen molar-refractivity contribution in [2.24, 2.45) is 0 Å². The molecule has 2 aromatic heterocycles. The molecule has 24 heavy (non-hydrogen) atoms. The van der Waals surface area contributed by atoms with E-state index in [4.69, 9.17) is 16.3 Å². The molecule has 126 valence electrons. The van der Waals surface area contributed by atoms with Gasteiger partial charge in [-0.3, -0.25) is 0 Å². The molecule has 0 fully saturated rings. The van der Waals surface area contributed by atoms with Gasteiger partial charge in [0.2, 0.25) is 0 Å². The molecule has 3 rings (SSSR count). The highest BCUT2D eigenvalue weighted by atomic mass is 35.5. The number of benzene rings is 1. The topological polar surface area (TPSA) is 38.6 Å². The lowest BCUT2D eigenvalue weighted by molar-refractivity contribution is 0.0729. The molecule has 0 radical (unpaired) electrons. The van der Waals surface area contributed by atoms with Crippen LogP contribution >= 0.6 is 11.6 Å². The summed E-state index contributed by atoms with van der Waals surface area (Å²) in [4.78, 5) is 4.64. The van der Waals surface area contributed by atoms with Crippen molar-refractivity contribution in [2.45, 2.75) is 32.5 Å². The number of hydrogen-bond donors (Lipinski definition) is 1. The Kier molecular flexibility index (Phi) is 5.19. The van der Waals surface area contributed by atoms with Gasteiger partial charge in [0.05, 0.1) is 11.8 Å². The maximum atomic E-state index is 5.96. The van der Waals surface area contributed by atoms with Gasteiger partial charge in [0.1, 0.15) is 5.65 Å². The predicted octanol–water partition coefficient (Wildman–Crippen LogP) is 4.16. The summed E-state index contributed by atoms with van der Waals surface area (Å²) < 4.78 is 7.73. The number of aromatic nitrogens is 2. The Balaban J connectivity index is 1.68. The number of methoxy groups -OCH3 is 1. The molecule has 0 aliphatic heterocycles. The van der Waals surface area contributed by atoms with Gasteiger partial charge in [-0.15, -0.1) is 0 Å². The van der Waals surface area contributed by atoms with Crippen LogP contribution in [0.4, 0.5) is 0 Å². The van der Waals surface area contributed by atoms with Gasteiger partial charge < -0.3 is 14.5 Å². The molecule has 2 heterocycles. The molecule has 3 aromatic rings. The van der Waals surface area contributed by atoms with E-state index in [9.17, 15) is 0 Å². The summed E-state index contributed by atoms with van der Waals surface area (Å²) in [5.74, 6) is 0. The summed E-state index contributed by atoms with van der Waals surface area (Å²) >= 11 is 5.96. The molecule has 1 N–H and O–H groups in total. The van der Waals surface area contributed by atoms with Crippen molar-refractivity contribution < 1.29 is 4.74 Å². The van der Waals surface area contributed by atoms with Crippen LogP contribution in [0.5, 0.6) is 0 Å². The van der Waals surface area contributed by atoms with Gasteiger partial charge in [0, 0.05) is 37.1 Å². The van der Waals surface area contributed by atoms with Crippen LogP contribution in [-0.2, 0) is 11.3 Å². The molecule has 4 nitrogen and oxygen atoms in total. The molecule has 2 atom stereocenters. The third kappa shape index (κ3) is 3.78. The van der Waals surface area contributed by atoms with Crippen LogP contribution in [0.3, 0.4) is 0 Å². The zero-order valence-electron chi connectivity index (χ0n) is 14.2. The van der Waals surface area contributed by atoms with Gasteiger partial charge >= 0.3 is 0 Å². The van der Waals surface area contributed by atoms with Crippen molar-refractivity contribution in [1.29, 1.82) is 0 Å². The summed E-state index contributed by atoms with van der Waals surface area (Å²) in [6.45, 7) is 4.88. The molecular formula is C19H22ClN3O. The third-order valence-corrected chi connectivity index (χ3v) is 4.41. The molecule has 0 aliphatic rings. The average molecular weight is 344 g/mol. The van der Waals surface area contributed by atoms with Gasteiger partial charge in [-0.05, 0) is 43.2 Å². The zero-order chi connectivity index (χ0) is 17.1. The Bertz CT molecular complexity index is 813. The number of nitrogens with one attached hydrogen (secondary N) is 1. The minimum Gasteiger partial charge on any atom is -0.375 e. The van der Waals surface area contributed by atoms with Gasteiger partial charge in [0.15, 0.2) is 0 Å². The van der Waals surface area contributed by atoms with Crippen LogP contribution in [0.1, 0.15) is 29.8 Å². The average Bonchev–Trinajstić information content (AvgIpc) is 2.97. The second kappa shape index (κ2) is 7.34. The summed E-state index contributed by atoms with van der Waals surface area (Å²) in [7, 11) is 1.73. The molecular weight excluding hydrogens is 322 g/mol. The Morgan fingerprint density at radius 2 is 1.92 bits per heavy atom. The second-order valence-electron chi connectivity index (χ2n) is 6.08. The number of rotatable bonds is 6. The van der Waals surface area contributed by atoms with Crippen molar-refractivity contribution in [3.63, 3.8) is 0 Å². The van der Waals surface area contributed by atoms with E-state index >= 15 is 0 Å². The van der Waals surface area contributed by atoms with Crippen molar-refractivity contribution in [3.05, 3.63) is 70.6 Å². The lowest BCUT2D eigenvalue weighted by Gasteiger charge is -2.24. The maximum absolute atomic E-state index is 5.96. The number of imidazole rings is 1. The number of halogens is 1. The first kappa shape index (κ1) is 17.0. The molecule has 0 aliphatic carbocycles. The molecule has 2 unspecified atom stereocenters. The van der Waals surface area contributed by atoms with E-state index in [1.165, 1.54) is 5.56 Å². The van der Waals surface area contributed by atoms with Crippen molar-refractivity contribution in [1.82, 2.24) is 14.7 Å². The Labute approximate surface area is 147 Å². The largest absolute Gasteiger partial charge is 0.375 e. The van der Waals surface area contributed by atoms with E-state index in [0.717, 1.165) is 21.9 Å². The van der Waals surface area contributed by atoms with Crippen LogP contribution in [-0.4, -0.2) is 22.5 Å². The number of pyridine rings is 1. The quantitative estimate of drug-likeness (QED) is 0.730. The number of ether oxygens (including phenoxy) is 1. The summed E-state index contributed by atoms with van der Waals surface area (Å²) in [5.41, 5.74) is 4.30. The molecule has 0 amide bonds. The minimum atomic E-state index is -0.0402. The first-order valence-electron chi connectivity index (χ1n) is 8.02. The van der Waals surface area contributed by atoms with Crippen molar-refractivity contribution >= 4 is 17.2 Å². The number of aryl methyl sites for hydroxylation is 1. The molecule has 0 spiro atoms. The Hall–Kier alpha value is -1.88. The lowest BCUT2D eigenvalue weighted by atomic mass is 10.0. The van der Waals surface area contributed by atoms with Crippen LogP contribution < -0.4 is 5.32 Å². The summed E-state index contributed by atoms with van der Waals surface area (Å²) in [6, 6.07) is 12.0. The Morgan fingerprint density at radius 3 is 2.62 bits per heavy atom. The fourth-order valence-electron chi connectivity index (χ4n) is 2.89. The van der Waals surface area contributed by atoms with Crippen LogP contribution in [0.15, 0.2) is 48.8 Å². The number of nitrogens with zero attached hydrogens (tertiary/aromatic N) is 2. The maximum Gasteiger partial charge on any atom is 0.137 e. The van der Waals surface area contributed by atoms with Crippen LogP contribution in [0.25, 0.3) is 5.65 Å². The first-order valence-corrected chi connectivity index (χ1v) is 8.40. The van der Waals surface area contributed by atoms with Crippen molar-refractivity contribution in [2.75, 3.05) is 7.11 Å². The van der Waals surface area contributed by atoms with E-state index in [2.05, 4.69) is 47.0 Å². The Morgan fingerprint density at radius 1 is 1.17 bits per heavy atom. The van der Waals surface area contributed by atoms with E-state index < -0.39 is 0 Å². The SMILES string of the molecule is COC(c1ccc(Cl)cc1)C(C)NCc1cn2cc(C)ccc2n1. The third-order valence-electron chi connectivity index (χ3n) is 4.16. The van der Waals surface area contributed by atoms with Crippen LogP contribution in [0.2, 0.25) is 5.02 Å². The molecule has 0 saturated heterocycles. The predicted molar refractivity (Wildman–Crippen MR) is 97.4 cm³/mol. The fraction of sp³-hybridized carbons (Fsp3) is 0.316. The van der Waals surface area contributed by atoms with Gasteiger partial charge in [-0.1, -0.05) is 29.8 Å². The van der Waals surface area contributed by atoms with Gasteiger partial charge in [-0.2, -0.15) is 0 Å². The molecule has 1 aromatic carbocycles. The number of fused-ring (bicyclic) bond motifs is 1. The van der Waals surface area contributed by atoms with E-state index in [-0.39, 0.29) is 12.1 Å². The smallest absolute Gasteiger partial charge is 0.137 e. The highest BCUT2D eigenvalue weighted by Gasteiger charge is 2.18. The lowest BCUT2D eigenvalue weighted by Crippen LogP contribution is -2.32. The normalized spacial score (nSPS) is 14.0. The minimum absolute atomic E-state index is 0.0402. The fourth-order valence-corrected chi connectivity index (χ4v) is 3.02. The van der Waals surface area contributed by atoms with Crippen LogP contribution in [0, 0.1) is 6.92 Å². The molecule has 0 saturated carbocycles. The highest BCUT2D eigenvalue weighted by molar-refractivity contribution is 6.30. The number of hydrogen-bond acceptors (Lipinski definition) is 3. The van der Waals surface area contributed by atoms with E-state index in [1.807, 2.05) is 30.3 Å². The molecule has 0 bridgehead atoms. The summed E-state index contributed by atoms with van der Waals surface area (Å²) in [5, 5.41) is 4.24.